The molecule has 0 spiro atoms. The van der Waals surface area contributed by atoms with Gasteiger partial charge in [-0.25, -0.2) is 4.90 Å². The van der Waals surface area contributed by atoms with Crippen molar-refractivity contribution >= 4 is 35.1 Å². The van der Waals surface area contributed by atoms with Crippen molar-refractivity contribution in [2.24, 2.45) is 11.8 Å². The summed E-state index contributed by atoms with van der Waals surface area (Å²) < 4.78 is 16.2. The van der Waals surface area contributed by atoms with Crippen LogP contribution in [-0.4, -0.2) is 46.7 Å². The van der Waals surface area contributed by atoms with E-state index in [2.05, 4.69) is 0 Å². The van der Waals surface area contributed by atoms with Crippen LogP contribution in [-0.2, 0) is 33.4 Å². The largest absolute Gasteiger partial charge is 0.422 e. The molecular formula is C20H18N2O9. The van der Waals surface area contributed by atoms with Crippen molar-refractivity contribution in [1.82, 2.24) is 0 Å². The van der Waals surface area contributed by atoms with Crippen molar-refractivity contribution in [1.29, 1.82) is 0 Å². The third kappa shape index (κ3) is 3.00. The zero-order chi connectivity index (χ0) is 22.7. The van der Waals surface area contributed by atoms with Gasteiger partial charge < -0.3 is 14.2 Å². The molecule has 1 aromatic rings. The fourth-order valence-electron chi connectivity index (χ4n) is 4.41. The number of nitro groups is 1. The first-order valence-corrected chi connectivity index (χ1v) is 9.41. The fourth-order valence-corrected chi connectivity index (χ4v) is 4.41. The fraction of sp³-hybridized carbons (Fsp3) is 0.400. The van der Waals surface area contributed by atoms with Gasteiger partial charge in [-0.3, -0.25) is 29.3 Å². The number of aryl methyl sites for hydroxylation is 1. The number of amides is 2. The average molecular weight is 430 g/mol. The Morgan fingerprint density at radius 1 is 1.19 bits per heavy atom. The van der Waals surface area contributed by atoms with Crippen molar-refractivity contribution in [3.8, 4) is 0 Å². The molecule has 31 heavy (non-hydrogen) atoms. The molecule has 0 aliphatic carbocycles. The maximum Gasteiger partial charge on any atom is 0.305 e. The van der Waals surface area contributed by atoms with E-state index in [9.17, 15) is 29.3 Å². The molecule has 162 valence electrons. The first-order chi connectivity index (χ1) is 14.6. The Kier molecular flexibility index (Phi) is 4.65. The third-order valence-electron chi connectivity index (χ3n) is 5.64. The van der Waals surface area contributed by atoms with Crippen LogP contribution in [0, 0.1) is 28.9 Å². The first kappa shape index (κ1) is 20.7. The number of hydrogen-bond acceptors (Lipinski definition) is 9. The van der Waals surface area contributed by atoms with Gasteiger partial charge in [-0.1, -0.05) is 12.1 Å². The number of imide groups is 1. The van der Waals surface area contributed by atoms with Crippen LogP contribution in [0.2, 0.25) is 0 Å². The Morgan fingerprint density at radius 2 is 1.84 bits per heavy atom. The Labute approximate surface area is 175 Å². The van der Waals surface area contributed by atoms with Crippen molar-refractivity contribution in [3.05, 3.63) is 46.0 Å². The highest BCUT2D eigenvalue weighted by Crippen LogP contribution is 2.55. The molecule has 3 aliphatic heterocycles. The molecule has 0 radical (unpaired) electrons. The van der Waals surface area contributed by atoms with Gasteiger partial charge in [0.2, 0.25) is 11.8 Å². The van der Waals surface area contributed by atoms with Crippen molar-refractivity contribution in [2.45, 2.75) is 38.8 Å². The summed E-state index contributed by atoms with van der Waals surface area (Å²) in [5.74, 6) is -4.92. The quantitative estimate of drug-likeness (QED) is 0.168. The van der Waals surface area contributed by atoms with Crippen LogP contribution >= 0.6 is 0 Å². The van der Waals surface area contributed by atoms with Gasteiger partial charge in [-0.05, 0) is 18.6 Å². The van der Waals surface area contributed by atoms with E-state index >= 15 is 0 Å². The number of esters is 2. The molecule has 0 saturated carbocycles. The molecule has 2 bridgehead atoms. The number of carbonyl (C=O) groups is 4. The van der Waals surface area contributed by atoms with Gasteiger partial charge in [-0.15, -0.1) is 0 Å². The number of nitrogens with zero attached hydrogens (tertiary/aromatic N) is 2. The molecule has 2 saturated heterocycles. The Morgan fingerprint density at radius 3 is 2.42 bits per heavy atom. The number of nitro benzene ring substituents is 1. The highest BCUT2D eigenvalue weighted by Gasteiger charge is 2.72. The van der Waals surface area contributed by atoms with Crippen LogP contribution in [0.5, 0.6) is 0 Å². The van der Waals surface area contributed by atoms with E-state index in [0.29, 0.717) is 5.56 Å². The standard InChI is InChI=1S/C20H18N2O9/c1-9-4-5-12(22(27)28)8-13(9)21-17(25)15-14-6-7-20(31-14,16(15)18(21)26)19(29-10(2)23)30-11(3)24/h4-8,14-16,19H,1-3H3/t14-,15-,16+,20-/m0/s1. The highest BCUT2D eigenvalue weighted by molar-refractivity contribution is 6.23. The number of rotatable bonds is 5. The molecule has 11 heteroatoms. The summed E-state index contributed by atoms with van der Waals surface area (Å²) in [7, 11) is 0. The molecule has 1 aromatic carbocycles. The van der Waals surface area contributed by atoms with E-state index in [1.807, 2.05) is 0 Å². The molecule has 3 aliphatic rings. The van der Waals surface area contributed by atoms with E-state index in [4.69, 9.17) is 14.2 Å². The number of anilines is 1. The van der Waals surface area contributed by atoms with Crippen molar-refractivity contribution in [3.63, 3.8) is 0 Å². The minimum Gasteiger partial charge on any atom is -0.422 e. The number of carbonyl (C=O) groups excluding carboxylic acids is 4. The summed E-state index contributed by atoms with van der Waals surface area (Å²) in [5, 5.41) is 11.2. The molecule has 2 fully saturated rings. The van der Waals surface area contributed by atoms with Crippen molar-refractivity contribution in [2.75, 3.05) is 4.90 Å². The molecule has 2 amide bonds. The number of non-ortho nitro benzene ring substituents is 1. The maximum atomic E-state index is 13.4. The van der Waals surface area contributed by atoms with Crippen LogP contribution in [0.1, 0.15) is 19.4 Å². The lowest BCUT2D eigenvalue weighted by molar-refractivity contribution is -0.384. The van der Waals surface area contributed by atoms with Gasteiger partial charge >= 0.3 is 11.9 Å². The Balaban J connectivity index is 1.78. The summed E-state index contributed by atoms with van der Waals surface area (Å²) in [6, 6.07) is 3.88. The lowest BCUT2D eigenvalue weighted by Crippen LogP contribution is -2.52. The minimum absolute atomic E-state index is 0.0877. The van der Waals surface area contributed by atoms with Gasteiger partial charge in [-0.2, -0.15) is 0 Å². The maximum absolute atomic E-state index is 13.4. The van der Waals surface area contributed by atoms with Crippen LogP contribution in [0.3, 0.4) is 0 Å². The summed E-state index contributed by atoms with van der Waals surface area (Å²) in [5.41, 5.74) is -1.38. The molecule has 3 heterocycles. The van der Waals surface area contributed by atoms with E-state index < -0.39 is 58.5 Å². The minimum atomic E-state index is -1.68. The molecule has 4 atom stereocenters. The Bertz CT molecular complexity index is 1050. The molecule has 0 N–H and O–H groups in total. The predicted molar refractivity (Wildman–Crippen MR) is 101 cm³/mol. The van der Waals surface area contributed by atoms with Gasteiger partial charge in [0.15, 0.2) is 5.60 Å². The predicted octanol–water partition coefficient (Wildman–Crippen LogP) is 1.17. The lowest BCUT2D eigenvalue weighted by Gasteiger charge is -2.34. The number of benzene rings is 1. The van der Waals surface area contributed by atoms with E-state index in [0.717, 1.165) is 24.8 Å². The van der Waals surface area contributed by atoms with Crippen LogP contribution in [0.25, 0.3) is 0 Å². The highest BCUT2D eigenvalue weighted by atomic mass is 16.7. The third-order valence-corrected chi connectivity index (χ3v) is 5.64. The van der Waals surface area contributed by atoms with E-state index in [-0.39, 0.29) is 11.4 Å². The second-order valence-corrected chi connectivity index (χ2v) is 7.59. The average Bonchev–Trinajstić information content (AvgIpc) is 3.32. The summed E-state index contributed by atoms with van der Waals surface area (Å²) in [6.45, 7) is 3.83. The molecule has 11 nitrogen and oxygen atoms in total. The second kappa shape index (κ2) is 6.98. The van der Waals surface area contributed by atoms with Gasteiger partial charge in [0, 0.05) is 26.0 Å². The van der Waals surface area contributed by atoms with Crippen LogP contribution in [0.15, 0.2) is 30.4 Å². The Hall–Kier alpha value is -3.60. The summed E-state index contributed by atoms with van der Waals surface area (Å²) in [6.07, 6.45) is 0.626. The smallest absolute Gasteiger partial charge is 0.305 e. The second-order valence-electron chi connectivity index (χ2n) is 7.59. The van der Waals surface area contributed by atoms with Gasteiger partial charge in [0.25, 0.3) is 12.0 Å². The molecule has 4 rings (SSSR count). The van der Waals surface area contributed by atoms with Crippen LogP contribution < -0.4 is 4.90 Å². The molecule has 0 unspecified atom stereocenters. The van der Waals surface area contributed by atoms with Crippen LogP contribution in [0.4, 0.5) is 11.4 Å². The molecular weight excluding hydrogens is 412 g/mol. The number of ether oxygens (including phenoxy) is 3. The summed E-state index contributed by atoms with van der Waals surface area (Å²) >= 11 is 0. The zero-order valence-corrected chi connectivity index (χ0v) is 16.8. The number of fused-ring (bicyclic) bond motifs is 5. The normalized spacial score (nSPS) is 28.3. The van der Waals surface area contributed by atoms with Gasteiger partial charge in [0.1, 0.15) is 0 Å². The number of hydrogen-bond donors (Lipinski definition) is 0. The monoisotopic (exact) mass is 430 g/mol. The van der Waals surface area contributed by atoms with Gasteiger partial charge in [0.05, 0.1) is 28.6 Å². The van der Waals surface area contributed by atoms with Crippen molar-refractivity contribution < 1.29 is 38.3 Å². The topological polar surface area (TPSA) is 142 Å². The zero-order valence-electron chi connectivity index (χ0n) is 16.8. The van der Waals surface area contributed by atoms with E-state index in [1.54, 1.807) is 13.0 Å². The van der Waals surface area contributed by atoms with E-state index in [1.165, 1.54) is 18.2 Å². The summed E-state index contributed by atoms with van der Waals surface area (Å²) in [4.78, 5) is 61.4. The molecule has 0 aromatic heterocycles. The lowest BCUT2D eigenvalue weighted by atomic mass is 9.76. The first-order valence-electron chi connectivity index (χ1n) is 9.41. The SMILES string of the molecule is CC(=O)OC(OC(C)=O)[C@@]12C=C[C@H](O1)[C@@H]1C(=O)N(c3cc([N+](=O)[O-])ccc3C)C(=O)[C@@H]12.